The van der Waals surface area contributed by atoms with Crippen LogP contribution in [0.25, 0.3) is 0 Å². The van der Waals surface area contributed by atoms with Crippen LogP contribution >= 0.6 is 0 Å². The second kappa shape index (κ2) is 12.4. The number of carbonyl (C=O) groups excluding carboxylic acids is 2. The first kappa shape index (κ1) is 25.8. The molecule has 144 valence electrons. The SMILES string of the molecule is CC(C)(CO)N[C-]=O.CC(C)CCOC(=O)C(C)(CO)CO.[Fm]. The van der Waals surface area contributed by atoms with Gasteiger partial charge < -0.3 is 30.2 Å². The van der Waals surface area contributed by atoms with Gasteiger partial charge in [-0.3, -0.25) is 4.79 Å². The quantitative estimate of drug-likeness (QED) is 0.174. The van der Waals surface area contributed by atoms with Crippen LogP contribution in [0, 0.1) is 11.3 Å². The van der Waals surface area contributed by atoms with E-state index in [2.05, 4.69) is 5.32 Å². The average molecular weight is 577 g/mol. The van der Waals surface area contributed by atoms with Crippen molar-refractivity contribution in [1.29, 1.82) is 0 Å². The van der Waals surface area contributed by atoms with E-state index in [1.165, 1.54) is 13.3 Å². The Bertz CT molecular complexity index is 319. The first-order chi connectivity index (χ1) is 10.1. The summed E-state index contributed by atoms with van der Waals surface area (Å²) in [5.74, 6) is -0.0690. The van der Waals surface area contributed by atoms with Crippen LogP contribution < -0.4 is 5.32 Å². The Morgan fingerprint density at radius 3 is 1.87 bits per heavy atom. The third-order valence-electron chi connectivity index (χ3n) is 2.90. The van der Waals surface area contributed by atoms with Crippen molar-refractivity contribution >= 4 is 12.4 Å². The van der Waals surface area contributed by atoms with Gasteiger partial charge in [0.25, 0.3) is 0 Å². The summed E-state index contributed by atoms with van der Waals surface area (Å²) < 4.78 is 4.94. The van der Waals surface area contributed by atoms with Gasteiger partial charge in [0.05, 0.1) is 26.4 Å². The number of nitrogens with one attached hydrogen (secondary N) is 1. The Morgan fingerprint density at radius 1 is 1.13 bits per heavy atom. The number of aliphatic hydroxyl groups excluding tert-OH is 3. The number of amides is 1. The minimum atomic E-state index is -1.17. The zero-order chi connectivity index (χ0) is 17.8. The van der Waals surface area contributed by atoms with Gasteiger partial charge in [-0.1, -0.05) is 13.8 Å². The summed E-state index contributed by atoms with van der Waals surface area (Å²) in [6.45, 7) is 8.43. The molecule has 0 fully saturated rings. The van der Waals surface area contributed by atoms with E-state index in [0.29, 0.717) is 12.5 Å². The normalized spacial score (nSPS) is 11.0. The van der Waals surface area contributed by atoms with Gasteiger partial charge >= 0.3 is 5.97 Å². The van der Waals surface area contributed by atoms with Crippen LogP contribution in [0.3, 0.4) is 0 Å². The molecule has 0 aliphatic carbocycles. The van der Waals surface area contributed by atoms with E-state index >= 15 is 0 Å². The molecule has 23 heavy (non-hydrogen) atoms. The standard InChI is InChI=1S/C10H20O4.C5H10NO2.Fm/c1-8(2)4-5-14-9(13)10(3,6-11)7-12;1-5(2,3-7)6-4-8;/h8,11-12H,4-7H2,1-3H3;7H,3H2,1-2H3,(H,6,8);/q;-1;. The van der Waals surface area contributed by atoms with E-state index < -0.39 is 30.1 Å². The molecule has 0 aromatic heterocycles. The minimum Gasteiger partial charge on any atom is -0.524 e. The molecule has 0 aromatic carbocycles. The summed E-state index contributed by atoms with van der Waals surface area (Å²) in [5, 5.41) is 28.6. The molecule has 0 saturated heterocycles. The van der Waals surface area contributed by atoms with Gasteiger partial charge in [-0.2, -0.15) is 6.41 Å². The summed E-state index contributed by atoms with van der Waals surface area (Å²) in [7, 11) is 0. The molecule has 0 radical (unpaired) electrons. The molecule has 0 bridgehead atoms. The molecule has 0 unspecified atom stereocenters. The van der Waals surface area contributed by atoms with Gasteiger partial charge in [-0.05, 0) is 33.1 Å². The Morgan fingerprint density at radius 2 is 1.61 bits per heavy atom. The largest absolute Gasteiger partial charge is 0.524 e. The Balaban J connectivity index is -0.000000382. The summed E-state index contributed by atoms with van der Waals surface area (Å²) in [4.78, 5) is 21.0. The zero-order valence-corrected chi connectivity index (χ0v) is 16.9. The first-order valence-corrected chi connectivity index (χ1v) is 7.22. The van der Waals surface area contributed by atoms with Crippen molar-refractivity contribution in [2.75, 3.05) is 26.4 Å². The van der Waals surface area contributed by atoms with E-state index in [4.69, 9.17) is 20.1 Å². The third-order valence-corrected chi connectivity index (χ3v) is 2.90. The van der Waals surface area contributed by atoms with Crippen molar-refractivity contribution in [3.63, 3.8) is 0 Å². The van der Waals surface area contributed by atoms with Crippen LogP contribution in [-0.4, -0.2) is 59.7 Å². The fraction of sp³-hybridized carbons (Fsp3) is 0.867. The molecule has 0 rings (SSSR count). The molecule has 4 N–H and O–H groups in total. The summed E-state index contributed by atoms with van der Waals surface area (Å²) in [5.41, 5.74) is -1.70. The van der Waals surface area contributed by atoms with Gasteiger partial charge in [0.2, 0.25) is 0 Å². The maximum absolute atomic E-state index is 11.4. The van der Waals surface area contributed by atoms with Crippen molar-refractivity contribution < 1.29 is 29.6 Å². The molecular formula is C15H30FmNO6-. The number of esters is 1. The number of hydrogen-bond donors (Lipinski definition) is 4. The van der Waals surface area contributed by atoms with Crippen LogP contribution in [-0.2, 0) is 14.3 Å². The van der Waals surface area contributed by atoms with Crippen molar-refractivity contribution in [3.8, 4) is 0 Å². The summed E-state index contributed by atoms with van der Waals surface area (Å²) >= 11 is 0. The van der Waals surface area contributed by atoms with Crippen LogP contribution in [0.15, 0.2) is 0 Å². The first-order valence-electron chi connectivity index (χ1n) is 7.22. The van der Waals surface area contributed by atoms with E-state index in [0.717, 1.165) is 6.42 Å². The predicted octanol–water partition coefficient (Wildman–Crippen LogP) is -0.0193. The number of aliphatic hydroxyl groups is 3. The Labute approximate surface area is 132 Å². The van der Waals surface area contributed by atoms with E-state index in [-0.39, 0.29) is 6.61 Å². The number of carbonyl (C=O) groups is 1. The molecule has 0 atom stereocenters. The topological polar surface area (TPSA) is 116 Å². The van der Waals surface area contributed by atoms with Crippen LogP contribution in [0.2, 0.25) is 0 Å². The monoisotopic (exact) mass is 577 g/mol. The maximum atomic E-state index is 11.4. The van der Waals surface area contributed by atoms with E-state index in [9.17, 15) is 9.59 Å². The smallest absolute Gasteiger partial charge is 0.316 e. The maximum Gasteiger partial charge on any atom is 0.316 e. The van der Waals surface area contributed by atoms with Crippen LogP contribution in [0.4, 0.5) is 0 Å². The van der Waals surface area contributed by atoms with Gasteiger partial charge in [0.1, 0.15) is 5.41 Å². The molecule has 0 aliphatic rings. The predicted molar refractivity (Wildman–Crippen MR) is 82.7 cm³/mol. The number of ether oxygens (including phenoxy) is 1. The molecular weight excluding hydrogens is 547 g/mol. The van der Waals surface area contributed by atoms with Crippen LogP contribution in [0.5, 0.6) is 0 Å². The Kier molecular flexibility index (Phi) is 13.9. The van der Waals surface area contributed by atoms with Gasteiger partial charge in [0.15, 0.2) is 0 Å². The third kappa shape index (κ3) is 12.1. The molecule has 8 heteroatoms. The van der Waals surface area contributed by atoms with Crippen molar-refractivity contribution in [2.24, 2.45) is 11.3 Å². The van der Waals surface area contributed by atoms with Gasteiger partial charge in [-0.25, -0.2) is 0 Å². The molecule has 0 aliphatic heterocycles. The van der Waals surface area contributed by atoms with Gasteiger partial charge in [-0.15, -0.1) is 0 Å². The van der Waals surface area contributed by atoms with E-state index in [1.54, 1.807) is 13.8 Å². The molecule has 0 spiro atoms. The molecule has 0 aromatic rings. The molecule has 0 heterocycles. The van der Waals surface area contributed by atoms with Crippen molar-refractivity contribution in [1.82, 2.24) is 5.32 Å². The minimum absolute atomic E-state index is 0. The van der Waals surface area contributed by atoms with Gasteiger partial charge in [0, 0.05) is 5.54 Å². The average Bonchev–Trinajstić information content (AvgIpc) is 2.46. The molecule has 0 saturated carbocycles. The second-order valence-electron chi connectivity index (χ2n) is 6.46. The number of rotatable bonds is 9. The van der Waals surface area contributed by atoms with Crippen LogP contribution in [0.1, 0.15) is 41.0 Å². The Hall–Kier alpha value is -2.18. The molecule has 7 nitrogen and oxygen atoms in total. The second-order valence-corrected chi connectivity index (χ2v) is 6.46. The fourth-order valence-electron chi connectivity index (χ4n) is 0.918. The van der Waals surface area contributed by atoms with Crippen molar-refractivity contribution in [3.05, 3.63) is 0 Å². The summed E-state index contributed by atoms with van der Waals surface area (Å²) in [6, 6.07) is 0. The number of hydrogen-bond acceptors (Lipinski definition) is 6. The zero-order valence-electron chi connectivity index (χ0n) is 14.5. The van der Waals surface area contributed by atoms with E-state index in [1.807, 2.05) is 13.8 Å². The summed E-state index contributed by atoms with van der Waals surface area (Å²) in [6.07, 6.45) is 2.29. The van der Waals surface area contributed by atoms with Crippen molar-refractivity contribution in [2.45, 2.75) is 46.6 Å². The molecule has 1 amide bonds. The fourth-order valence-corrected chi connectivity index (χ4v) is 0.918.